The maximum absolute atomic E-state index is 6.22. The summed E-state index contributed by atoms with van der Waals surface area (Å²) < 4.78 is 11.6. The molecule has 21 heavy (non-hydrogen) atoms. The molecule has 1 aromatic rings. The van der Waals surface area contributed by atoms with Gasteiger partial charge in [-0.15, -0.1) is 0 Å². The molecule has 5 nitrogen and oxygen atoms in total. The first-order valence-electron chi connectivity index (χ1n) is 7.99. The molecule has 2 rings (SSSR count). The predicted octanol–water partition coefficient (Wildman–Crippen LogP) is 2.88. The molecule has 1 atom stereocenters. The lowest BCUT2D eigenvalue weighted by atomic mass is 9.89. The summed E-state index contributed by atoms with van der Waals surface area (Å²) in [6.45, 7) is 5.87. The van der Waals surface area contributed by atoms with Gasteiger partial charge in [-0.1, -0.05) is 19.8 Å². The van der Waals surface area contributed by atoms with E-state index in [1.807, 2.05) is 0 Å². The van der Waals surface area contributed by atoms with Crippen molar-refractivity contribution in [1.82, 2.24) is 15.3 Å². The Morgan fingerprint density at radius 2 is 1.95 bits per heavy atom. The van der Waals surface area contributed by atoms with Gasteiger partial charge < -0.3 is 14.8 Å². The van der Waals surface area contributed by atoms with Gasteiger partial charge >= 0.3 is 0 Å². The minimum absolute atomic E-state index is 0.0311. The van der Waals surface area contributed by atoms with Gasteiger partial charge in [0.1, 0.15) is 5.69 Å². The Kier molecular flexibility index (Phi) is 5.94. The number of hydrogen-bond donors (Lipinski definition) is 1. The van der Waals surface area contributed by atoms with Crippen LogP contribution in [-0.4, -0.2) is 35.8 Å². The molecule has 0 bridgehead atoms. The summed E-state index contributed by atoms with van der Waals surface area (Å²) in [5.74, 6) is 0.595. The fourth-order valence-electron chi connectivity index (χ4n) is 3.29. The summed E-state index contributed by atoms with van der Waals surface area (Å²) in [7, 11) is 1.65. The quantitative estimate of drug-likeness (QED) is 0.798. The van der Waals surface area contributed by atoms with Gasteiger partial charge in [-0.3, -0.25) is 4.98 Å². The first-order valence-corrected chi connectivity index (χ1v) is 7.99. The van der Waals surface area contributed by atoms with E-state index in [9.17, 15) is 0 Å². The van der Waals surface area contributed by atoms with Crippen LogP contribution in [0.2, 0.25) is 0 Å². The zero-order valence-electron chi connectivity index (χ0n) is 13.4. The molecular formula is C16H27N3O2. The lowest BCUT2D eigenvalue weighted by molar-refractivity contribution is -0.0641. The first kappa shape index (κ1) is 16.2. The highest BCUT2D eigenvalue weighted by atomic mass is 16.5. The second-order valence-electron chi connectivity index (χ2n) is 5.54. The molecule has 0 amide bonds. The zero-order valence-corrected chi connectivity index (χ0v) is 13.4. The molecule has 1 N–H and O–H groups in total. The molecule has 1 fully saturated rings. The molecular weight excluding hydrogens is 266 g/mol. The second kappa shape index (κ2) is 7.71. The lowest BCUT2D eigenvalue weighted by Gasteiger charge is -2.37. The van der Waals surface area contributed by atoms with Crippen LogP contribution in [0, 0.1) is 0 Å². The molecule has 0 spiro atoms. The van der Waals surface area contributed by atoms with Gasteiger partial charge in [0.05, 0.1) is 18.8 Å². The van der Waals surface area contributed by atoms with E-state index in [0.29, 0.717) is 12.5 Å². The average molecular weight is 293 g/mol. The van der Waals surface area contributed by atoms with Crippen LogP contribution in [0.4, 0.5) is 0 Å². The Balaban J connectivity index is 2.36. The molecule has 1 aliphatic carbocycles. The maximum atomic E-state index is 6.22. The number of rotatable bonds is 8. The fraction of sp³-hybridized carbons (Fsp3) is 0.750. The Morgan fingerprint density at radius 3 is 2.57 bits per heavy atom. The van der Waals surface area contributed by atoms with Crippen molar-refractivity contribution >= 4 is 0 Å². The molecule has 1 saturated carbocycles. The largest absolute Gasteiger partial charge is 0.480 e. The number of aromatic nitrogens is 2. The summed E-state index contributed by atoms with van der Waals surface area (Å²) in [5, 5.41) is 3.62. The van der Waals surface area contributed by atoms with Gasteiger partial charge in [0, 0.05) is 19.0 Å². The molecule has 1 heterocycles. The van der Waals surface area contributed by atoms with Crippen molar-refractivity contribution in [2.75, 3.05) is 20.3 Å². The van der Waals surface area contributed by atoms with Crippen LogP contribution < -0.4 is 10.1 Å². The van der Waals surface area contributed by atoms with Crippen LogP contribution in [-0.2, 0) is 4.74 Å². The average Bonchev–Trinajstić information content (AvgIpc) is 2.98. The monoisotopic (exact) mass is 293 g/mol. The molecule has 0 aromatic carbocycles. The van der Waals surface area contributed by atoms with E-state index in [4.69, 9.17) is 9.47 Å². The molecule has 1 aromatic heterocycles. The third-order valence-corrected chi connectivity index (χ3v) is 4.16. The lowest BCUT2D eigenvalue weighted by Crippen LogP contribution is -2.45. The molecule has 1 aliphatic rings. The van der Waals surface area contributed by atoms with Gasteiger partial charge in [-0.05, 0) is 32.7 Å². The summed E-state index contributed by atoms with van der Waals surface area (Å²) in [6.07, 6.45) is 8.99. The van der Waals surface area contributed by atoms with Crippen LogP contribution in [0.25, 0.3) is 0 Å². The summed E-state index contributed by atoms with van der Waals surface area (Å²) in [4.78, 5) is 8.85. The molecule has 0 aliphatic heterocycles. The number of methoxy groups -OCH3 is 1. The number of nitrogens with one attached hydrogen (secondary N) is 1. The molecule has 118 valence electrons. The van der Waals surface area contributed by atoms with Crippen molar-refractivity contribution in [2.45, 2.75) is 57.6 Å². The van der Waals surface area contributed by atoms with E-state index >= 15 is 0 Å². The highest BCUT2D eigenvalue weighted by Crippen LogP contribution is 2.44. The summed E-state index contributed by atoms with van der Waals surface area (Å²) >= 11 is 0. The van der Waals surface area contributed by atoms with Crippen molar-refractivity contribution in [1.29, 1.82) is 0 Å². The molecule has 0 radical (unpaired) electrons. The standard InChI is InChI=1S/C16H27N3O2/c1-4-10-18-14(13-15(20-3)19-12-11-17-13)16(21-5-2)8-6-7-9-16/h11-12,14,18H,4-10H2,1-3H3. The second-order valence-corrected chi connectivity index (χ2v) is 5.54. The van der Waals surface area contributed by atoms with Crippen LogP contribution >= 0.6 is 0 Å². The van der Waals surface area contributed by atoms with Gasteiger partial charge in [-0.25, -0.2) is 4.98 Å². The smallest absolute Gasteiger partial charge is 0.237 e. The maximum Gasteiger partial charge on any atom is 0.237 e. The van der Waals surface area contributed by atoms with E-state index in [1.165, 1.54) is 12.8 Å². The van der Waals surface area contributed by atoms with Crippen molar-refractivity contribution in [3.63, 3.8) is 0 Å². The van der Waals surface area contributed by atoms with Crippen molar-refractivity contribution in [2.24, 2.45) is 0 Å². The Bertz CT molecular complexity index is 433. The molecule has 0 saturated heterocycles. The van der Waals surface area contributed by atoms with Crippen molar-refractivity contribution in [3.05, 3.63) is 18.1 Å². The first-order chi connectivity index (χ1) is 10.3. The predicted molar refractivity (Wildman–Crippen MR) is 82.4 cm³/mol. The number of nitrogens with zero attached hydrogens (tertiary/aromatic N) is 2. The van der Waals surface area contributed by atoms with E-state index in [1.54, 1.807) is 19.5 Å². The van der Waals surface area contributed by atoms with Crippen molar-refractivity contribution in [3.8, 4) is 5.88 Å². The number of hydrogen-bond acceptors (Lipinski definition) is 5. The Labute approximate surface area is 127 Å². The third-order valence-electron chi connectivity index (χ3n) is 4.16. The molecule has 1 unspecified atom stereocenters. The Hall–Kier alpha value is -1.20. The minimum Gasteiger partial charge on any atom is -0.480 e. The fourth-order valence-corrected chi connectivity index (χ4v) is 3.29. The third kappa shape index (κ3) is 3.52. The van der Waals surface area contributed by atoms with Crippen LogP contribution in [0.3, 0.4) is 0 Å². The summed E-state index contributed by atoms with van der Waals surface area (Å²) in [5.41, 5.74) is 0.677. The normalized spacial score (nSPS) is 18.6. The van der Waals surface area contributed by atoms with E-state index in [-0.39, 0.29) is 11.6 Å². The van der Waals surface area contributed by atoms with E-state index in [0.717, 1.165) is 31.5 Å². The summed E-state index contributed by atoms with van der Waals surface area (Å²) in [6, 6.07) is 0.0311. The van der Waals surface area contributed by atoms with Crippen LogP contribution in [0.5, 0.6) is 5.88 Å². The van der Waals surface area contributed by atoms with Gasteiger partial charge in [-0.2, -0.15) is 0 Å². The zero-order chi connectivity index (χ0) is 15.1. The van der Waals surface area contributed by atoms with Crippen molar-refractivity contribution < 1.29 is 9.47 Å². The van der Waals surface area contributed by atoms with Gasteiger partial charge in [0.25, 0.3) is 0 Å². The van der Waals surface area contributed by atoms with E-state index < -0.39 is 0 Å². The van der Waals surface area contributed by atoms with Crippen LogP contribution in [0.15, 0.2) is 12.4 Å². The van der Waals surface area contributed by atoms with Crippen LogP contribution in [0.1, 0.15) is 57.7 Å². The SMILES string of the molecule is CCCNC(c1nccnc1OC)C1(OCC)CCCC1. The Morgan fingerprint density at radius 1 is 1.24 bits per heavy atom. The minimum atomic E-state index is -0.187. The number of ether oxygens (including phenoxy) is 2. The van der Waals surface area contributed by atoms with Gasteiger partial charge in [0.15, 0.2) is 0 Å². The highest BCUT2D eigenvalue weighted by molar-refractivity contribution is 5.25. The highest BCUT2D eigenvalue weighted by Gasteiger charge is 2.44. The topological polar surface area (TPSA) is 56.3 Å². The van der Waals surface area contributed by atoms with E-state index in [2.05, 4.69) is 29.1 Å². The van der Waals surface area contributed by atoms with Gasteiger partial charge in [0.2, 0.25) is 5.88 Å². The molecule has 5 heteroatoms.